The minimum absolute atomic E-state index is 0.163. The highest BCUT2D eigenvalue weighted by atomic mass is 31.1. The van der Waals surface area contributed by atoms with E-state index in [-0.39, 0.29) is 18.5 Å². The van der Waals surface area contributed by atoms with Gasteiger partial charge < -0.3 is 9.84 Å². The molecule has 0 fully saturated rings. The van der Waals surface area contributed by atoms with E-state index in [1.54, 1.807) is 20.8 Å². The highest BCUT2D eigenvalue weighted by molar-refractivity contribution is 7.46. The van der Waals surface area contributed by atoms with E-state index in [9.17, 15) is 19.3 Å². The molecule has 1 aromatic rings. The Balaban J connectivity index is 2.54. The molecular formula is C19H28O6P+. The van der Waals surface area contributed by atoms with Crippen molar-refractivity contribution in [2.24, 2.45) is 5.92 Å². The lowest BCUT2D eigenvalue weighted by molar-refractivity contribution is -0.198. The highest BCUT2D eigenvalue weighted by Gasteiger charge is 2.41. The van der Waals surface area contributed by atoms with Crippen LogP contribution in [-0.2, 0) is 30.0 Å². The monoisotopic (exact) mass is 383 g/mol. The average Bonchev–Trinajstić information content (AvgIpc) is 2.62. The lowest BCUT2D eigenvalue weighted by atomic mass is 10.1. The second kappa shape index (κ2) is 11.8. The van der Waals surface area contributed by atoms with Crippen LogP contribution in [0.5, 0.6) is 0 Å². The third-order valence-corrected chi connectivity index (χ3v) is 5.38. The van der Waals surface area contributed by atoms with Crippen LogP contribution in [0.4, 0.5) is 0 Å². The molecule has 0 radical (unpaired) electrons. The fraction of sp³-hybridized carbons (Fsp3) is 0.579. The molecule has 3 atom stereocenters. The average molecular weight is 383 g/mol. The van der Waals surface area contributed by atoms with Gasteiger partial charge in [0.2, 0.25) is 6.29 Å². The van der Waals surface area contributed by atoms with E-state index in [1.165, 1.54) is 5.56 Å². The van der Waals surface area contributed by atoms with Crippen LogP contribution < -0.4 is 0 Å². The SMILES string of the molecule is CCC(=O)O[C@@H](O[C@H](C(=O)O)[P+](=O)CCCCc1ccccc1)C(C)C. The first-order valence-corrected chi connectivity index (χ1v) is 10.4. The second-order valence-electron chi connectivity index (χ2n) is 6.37. The number of carboxylic acid groups (broad SMARTS) is 1. The maximum Gasteiger partial charge on any atom is 0.384 e. The fourth-order valence-electron chi connectivity index (χ4n) is 2.27. The summed E-state index contributed by atoms with van der Waals surface area (Å²) in [5.74, 6) is -3.49. The van der Waals surface area contributed by atoms with Crippen LogP contribution in [0.3, 0.4) is 0 Å². The Kier molecular flexibility index (Phi) is 10.1. The van der Waals surface area contributed by atoms with Crippen LogP contribution in [0, 0.1) is 5.92 Å². The van der Waals surface area contributed by atoms with E-state index >= 15 is 0 Å². The molecule has 0 aliphatic heterocycles. The van der Waals surface area contributed by atoms with Crippen molar-refractivity contribution >= 4 is 19.7 Å². The normalized spacial score (nSPS) is 13.9. The van der Waals surface area contributed by atoms with Crippen LogP contribution >= 0.6 is 7.80 Å². The zero-order valence-corrected chi connectivity index (χ0v) is 16.5. The van der Waals surface area contributed by atoms with E-state index in [0.717, 1.165) is 12.8 Å². The smallest absolute Gasteiger partial charge is 0.384 e. The summed E-state index contributed by atoms with van der Waals surface area (Å²) in [6.45, 7) is 5.14. The Hall–Kier alpha value is -1.78. The number of aliphatic carboxylic acids is 1. The lowest BCUT2D eigenvalue weighted by Crippen LogP contribution is -2.33. The van der Waals surface area contributed by atoms with E-state index in [2.05, 4.69) is 0 Å². The summed E-state index contributed by atoms with van der Waals surface area (Å²) >= 11 is 0. The summed E-state index contributed by atoms with van der Waals surface area (Å²) in [5.41, 5.74) is 1.19. The predicted octanol–water partition coefficient (Wildman–Crippen LogP) is 4.20. The van der Waals surface area contributed by atoms with Gasteiger partial charge in [-0.05, 0) is 24.8 Å². The summed E-state index contributed by atoms with van der Waals surface area (Å²) in [7, 11) is -2.11. The molecule has 0 heterocycles. The molecule has 1 N–H and O–H groups in total. The van der Waals surface area contributed by atoms with Gasteiger partial charge in [0.25, 0.3) is 0 Å². The van der Waals surface area contributed by atoms with Crippen molar-refractivity contribution in [3.63, 3.8) is 0 Å². The molecule has 0 saturated carbocycles. The molecule has 0 aliphatic rings. The number of hydrogen-bond donors (Lipinski definition) is 1. The Morgan fingerprint density at radius 3 is 2.35 bits per heavy atom. The molecule has 6 nitrogen and oxygen atoms in total. The number of aryl methyl sites for hydroxylation is 1. The molecule has 0 aliphatic carbocycles. The van der Waals surface area contributed by atoms with Gasteiger partial charge in [-0.25, -0.2) is 4.79 Å². The number of rotatable bonds is 12. The zero-order valence-electron chi connectivity index (χ0n) is 15.6. The van der Waals surface area contributed by atoms with Crippen LogP contribution in [0.15, 0.2) is 30.3 Å². The summed E-state index contributed by atoms with van der Waals surface area (Å²) in [5, 5.41) is 9.35. The van der Waals surface area contributed by atoms with Gasteiger partial charge in [0.15, 0.2) is 0 Å². The standard InChI is InChI=1S/C19H27O6P/c1-4-16(20)24-18(14(2)3)25-19(17(21)22)26(23)13-9-8-12-15-10-6-5-7-11-15/h5-7,10-11,14,18-19H,4,8-9,12-13H2,1-3H3/p+1/t18-,19-/m0/s1. The number of hydrogen-bond acceptors (Lipinski definition) is 5. The Morgan fingerprint density at radius 2 is 1.81 bits per heavy atom. The lowest BCUT2D eigenvalue weighted by Gasteiger charge is -2.21. The van der Waals surface area contributed by atoms with E-state index in [4.69, 9.17) is 9.47 Å². The maximum absolute atomic E-state index is 12.4. The first kappa shape index (κ1) is 22.3. The summed E-state index contributed by atoms with van der Waals surface area (Å²) in [6, 6.07) is 9.93. The molecule has 0 bridgehead atoms. The number of ether oxygens (including phenoxy) is 2. The van der Waals surface area contributed by atoms with Crippen LogP contribution in [0.25, 0.3) is 0 Å². The first-order valence-electron chi connectivity index (χ1n) is 8.90. The summed E-state index contributed by atoms with van der Waals surface area (Å²) in [6.07, 6.45) is 1.70. The molecule has 7 heteroatoms. The summed E-state index contributed by atoms with van der Waals surface area (Å²) < 4.78 is 22.9. The topological polar surface area (TPSA) is 89.9 Å². The molecule has 0 amide bonds. The van der Waals surface area contributed by atoms with E-state index < -0.39 is 31.9 Å². The van der Waals surface area contributed by atoms with Gasteiger partial charge >= 0.3 is 25.6 Å². The number of esters is 1. The number of benzene rings is 1. The maximum atomic E-state index is 12.4. The second-order valence-corrected chi connectivity index (χ2v) is 8.12. The minimum Gasteiger partial charge on any atom is -0.476 e. The van der Waals surface area contributed by atoms with Crippen molar-refractivity contribution in [1.82, 2.24) is 0 Å². The van der Waals surface area contributed by atoms with Gasteiger partial charge in [-0.2, -0.15) is 0 Å². The Morgan fingerprint density at radius 1 is 1.15 bits per heavy atom. The van der Waals surface area contributed by atoms with Gasteiger partial charge in [-0.1, -0.05) is 55.7 Å². The molecule has 0 spiro atoms. The number of unbranched alkanes of at least 4 members (excludes halogenated alkanes) is 1. The summed E-state index contributed by atoms with van der Waals surface area (Å²) in [4.78, 5) is 22.9. The molecule has 1 aromatic carbocycles. The number of carboxylic acids is 1. The Labute approximate surface area is 155 Å². The van der Waals surface area contributed by atoms with Gasteiger partial charge in [0.1, 0.15) is 6.16 Å². The molecule has 0 aromatic heterocycles. The van der Waals surface area contributed by atoms with Gasteiger partial charge in [-0.3, -0.25) is 9.53 Å². The number of carbonyl (C=O) groups is 2. The van der Waals surface area contributed by atoms with E-state index in [1.807, 2.05) is 30.3 Å². The van der Waals surface area contributed by atoms with Gasteiger partial charge in [-0.15, -0.1) is 0 Å². The minimum atomic E-state index is -2.11. The van der Waals surface area contributed by atoms with E-state index in [0.29, 0.717) is 6.42 Å². The van der Waals surface area contributed by atoms with Crippen LogP contribution in [0.1, 0.15) is 45.6 Å². The molecule has 144 valence electrons. The third-order valence-electron chi connectivity index (χ3n) is 3.75. The van der Waals surface area contributed by atoms with Crippen LogP contribution in [-0.4, -0.2) is 35.3 Å². The molecule has 0 saturated heterocycles. The quantitative estimate of drug-likeness (QED) is 0.252. The predicted molar refractivity (Wildman–Crippen MR) is 99.4 cm³/mol. The van der Waals surface area contributed by atoms with Crippen molar-refractivity contribution in [3.05, 3.63) is 35.9 Å². The zero-order chi connectivity index (χ0) is 19.5. The van der Waals surface area contributed by atoms with Crippen molar-refractivity contribution in [2.75, 3.05) is 6.16 Å². The largest absolute Gasteiger partial charge is 0.476 e. The Bertz CT molecular complexity index is 587. The first-order chi connectivity index (χ1) is 12.3. The molecule has 1 rings (SSSR count). The van der Waals surface area contributed by atoms with Gasteiger partial charge in [0.05, 0.1) is 0 Å². The highest BCUT2D eigenvalue weighted by Crippen LogP contribution is 2.33. The number of carbonyl (C=O) groups excluding carboxylic acids is 1. The van der Waals surface area contributed by atoms with Crippen molar-refractivity contribution in [3.8, 4) is 0 Å². The van der Waals surface area contributed by atoms with Crippen molar-refractivity contribution in [1.29, 1.82) is 0 Å². The van der Waals surface area contributed by atoms with Crippen molar-refractivity contribution < 1.29 is 28.7 Å². The third kappa shape index (κ3) is 8.07. The molecular weight excluding hydrogens is 355 g/mol. The van der Waals surface area contributed by atoms with Crippen LogP contribution in [0.2, 0.25) is 0 Å². The molecule has 26 heavy (non-hydrogen) atoms. The fourth-order valence-corrected chi connectivity index (χ4v) is 3.54. The molecule has 1 unspecified atom stereocenters. The van der Waals surface area contributed by atoms with Crippen molar-refractivity contribution in [2.45, 2.75) is 58.6 Å². The van der Waals surface area contributed by atoms with Gasteiger partial charge in [0, 0.05) is 12.3 Å².